The summed E-state index contributed by atoms with van der Waals surface area (Å²) in [6.45, 7) is 5.76. The topological polar surface area (TPSA) is 43.1 Å². The molecule has 0 atom stereocenters. The first-order valence-electron chi connectivity index (χ1n) is 4.42. The summed E-state index contributed by atoms with van der Waals surface area (Å²) >= 11 is 0. The van der Waals surface area contributed by atoms with Crippen molar-refractivity contribution in [2.45, 2.75) is 6.92 Å². The maximum Gasteiger partial charge on any atom is 0.209 e. The fourth-order valence-electron chi connectivity index (χ4n) is 1.62. The molecule has 0 saturated carbocycles. The molecule has 0 amide bonds. The minimum atomic E-state index is -0.0921. The predicted molar refractivity (Wildman–Crippen MR) is 56.7 cm³/mol. The molecule has 2 nitrogen and oxygen atoms in total. The molecule has 1 aromatic carbocycles. The average molecular weight is 185 g/mol. The molecule has 0 saturated heterocycles. The first kappa shape index (κ1) is 8.75. The SMILES string of the molecule is C=C1C(C)=C(N)C(=O)c2ccccc21. The van der Waals surface area contributed by atoms with Crippen LogP contribution in [-0.4, -0.2) is 5.78 Å². The summed E-state index contributed by atoms with van der Waals surface area (Å²) in [5.41, 5.74) is 9.19. The van der Waals surface area contributed by atoms with Gasteiger partial charge >= 0.3 is 0 Å². The summed E-state index contributed by atoms with van der Waals surface area (Å²) in [5.74, 6) is -0.0921. The van der Waals surface area contributed by atoms with E-state index in [1.165, 1.54) is 0 Å². The Hall–Kier alpha value is -1.83. The van der Waals surface area contributed by atoms with Crippen LogP contribution in [0.3, 0.4) is 0 Å². The third-order valence-corrected chi connectivity index (χ3v) is 2.60. The molecule has 0 unspecified atom stereocenters. The van der Waals surface area contributed by atoms with Gasteiger partial charge in [-0.3, -0.25) is 4.79 Å². The zero-order valence-electron chi connectivity index (χ0n) is 8.00. The van der Waals surface area contributed by atoms with Gasteiger partial charge in [0.15, 0.2) is 0 Å². The highest BCUT2D eigenvalue weighted by Gasteiger charge is 2.23. The maximum atomic E-state index is 11.7. The molecule has 70 valence electrons. The Morgan fingerprint density at radius 2 is 1.79 bits per heavy atom. The molecule has 0 aromatic heterocycles. The van der Waals surface area contributed by atoms with Gasteiger partial charge in [-0.15, -0.1) is 0 Å². The van der Waals surface area contributed by atoms with Crippen LogP contribution >= 0.6 is 0 Å². The summed E-state index contributed by atoms with van der Waals surface area (Å²) in [4.78, 5) is 11.7. The molecule has 0 spiro atoms. The average Bonchev–Trinajstić information content (AvgIpc) is 2.23. The molecule has 1 aliphatic rings. The number of allylic oxidation sites excluding steroid dienone is 3. The van der Waals surface area contributed by atoms with E-state index in [1.807, 2.05) is 25.1 Å². The Morgan fingerprint density at radius 3 is 2.43 bits per heavy atom. The summed E-state index contributed by atoms with van der Waals surface area (Å²) in [6.07, 6.45) is 0. The van der Waals surface area contributed by atoms with Crippen molar-refractivity contribution in [3.63, 3.8) is 0 Å². The van der Waals surface area contributed by atoms with E-state index >= 15 is 0 Å². The van der Waals surface area contributed by atoms with E-state index in [-0.39, 0.29) is 5.78 Å². The van der Waals surface area contributed by atoms with Gasteiger partial charge in [-0.2, -0.15) is 0 Å². The van der Waals surface area contributed by atoms with Gasteiger partial charge in [-0.25, -0.2) is 0 Å². The van der Waals surface area contributed by atoms with Crippen molar-refractivity contribution >= 4 is 11.4 Å². The highest BCUT2D eigenvalue weighted by Crippen LogP contribution is 2.31. The van der Waals surface area contributed by atoms with Crippen LogP contribution in [0, 0.1) is 0 Å². The van der Waals surface area contributed by atoms with Crippen LogP contribution in [0.15, 0.2) is 42.1 Å². The minimum absolute atomic E-state index is 0.0921. The molecular formula is C12H11NO. The fraction of sp³-hybridized carbons (Fsp3) is 0.0833. The Balaban J connectivity index is 2.73. The van der Waals surface area contributed by atoms with E-state index in [4.69, 9.17) is 5.73 Å². The largest absolute Gasteiger partial charge is 0.395 e. The van der Waals surface area contributed by atoms with Crippen LogP contribution in [-0.2, 0) is 0 Å². The lowest BCUT2D eigenvalue weighted by atomic mass is 9.86. The molecular weight excluding hydrogens is 174 g/mol. The van der Waals surface area contributed by atoms with Crippen molar-refractivity contribution in [3.8, 4) is 0 Å². The predicted octanol–water partition coefficient (Wildman–Crippen LogP) is 2.13. The molecule has 2 heteroatoms. The molecule has 14 heavy (non-hydrogen) atoms. The van der Waals surface area contributed by atoms with Gasteiger partial charge in [0, 0.05) is 5.56 Å². The van der Waals surface area contributed by atoms with Gasteiger partial charge in [0.1, 0.15) is 0 Å². The van der Waals surface area contributed by atoms with Crippen LogP contribution in [0.25, 0.3) is 5.57 Å². The van der Waals surface area contributed by atoms with Gasteiger partial charge in [0.05, 0.1) is 5.70 Å². The summed E-state index contributed by atoms with van der Waals surface area (Å²) in [7, 11) is 0. The van der Waals surface area contributed by atoms with Crippen molar-refractivity contribution in [2.75, 3.05) is 0 Å². The number of rotatable bonds is 0. The number of carbonyl (C=O) groups is 1. The number of hydrogen-bond acceptors (Lipinski definition) is 2. The van der Waals surface area contributed by atoms with E-state index < -0.39 is 0 Å². The number of fused-ring (bicyclic) bond motifs is 1. The number of nitrogens with two attached hydrogens (primary N) is 1. The summed E-state index contributed by atoms with van der Waals surface area (Å²) in [5, 5.41) is 0. The number of Topliss-reactive ketones (excluding diaryl/α,β-unsaturated/α-hetero) is 1. The van der Waals surface area contributed by atoms with Crippen LogP contribution in [0.4, 0.5) is 0 Å². The van der Waals surface area contributed by atoms with Crippen molar-refractivity contribution in [2.24, 2.45) is 5.73 Å². The fourth-order valence-corrected chi connectivity index (χ4v) is 1.62. The Kier molecular flexibility index (Phi) is 1.78. The van der Waals surface area contributed by atoms with Crippen molar-refractivity contribution < 1.29 is 4.79 Å². The Morgan fingerprint density at radius 1 is 1.21 bits per heavy atom. The first-order chi connectivity index (χ1) is 6.63. The Bertz CT molecular complexity index is 426. The summed E-state index contributed by atoms with van der Waals surface area (Å²) in [6, 6.07) is 7.40. The highest BCUT2D eigenvalue weighted by molar-refractivity contribution is 6.16. The lowest BCUT2D eigenvalue weighted by Gasteiger charge is -2.19. The van der Waals surface area contributed by atoms with Crippen LogP contribution < -0.4 is 5.73 Å². The van der Waals surface area contributed by atoms with Crippen molar-refractivity contribution in [1.82, 2.24) is 0 Å². The maximum absolute atomic E-state index is 11.7. The van der Waals surface area contributed by atoms with Crippen molar-refractivity contribution in [3.05, 3.63) is 53.2 Å². The van der Waals surface area contributed by atoms with E-state index in [2.05, 4.69) is 6.58 Å². The quantitative estimate of drug-likeness (QED) is 0.672. The van der Waals surface area contributed by atoms with E-state index in [0.717, 1.165) is 16.7 Å². The van der Waals surface area contributed by atoms with Gasteiger partial charge in [-0.05, 0) is 23.6 Å². The number of carbonyl (C=O) groups excluding carboxylic acids is 1. The molecule has 2 N–H and O–H groups in total. The lowest BCUT2D eigenvalue weighted by molar-refractivity contribution is 0.103. The van der Waals surface area contributed by atoms with Gasteiger partial charge in [0.25, 0.3) is 0 Å². The molecule has 0 aliphatic heterocycles. The third kappa shape index (κ3) is 1.01. The molecule has 2 rings (SSSR count). The van der Waals surface area contributed by atoms with Crippen LogP contribution in [0.5, 0.6) is 0 Å². The molecule has 1 aliphatic carbocycles. The van der Waals surface area contributed by atoms with E-state index in [9.17, 15) is 4.79 Å². The van der Waals surface area contributed by atoms with Gasteiger partial charge in [-0.1, -0.05) is 30.8 Å². The molecule has 0 bridgehead atoms. The van der Waals surface area contributed by atoms with Crippen molar-refractivity contribution in [1.29, 1.82) is 0 Å². The molecule has 0 radical (unpaired) electrons. The van der Waals surface area contributed by atoms with E-state index in [0.29, 0.717) is 11.3 Å². The monoisotopic (exact) mass is 185 g/mol. The zero-order valence-corrected chi connectivity index (χ0v) is 8.00. The second kappa shape index (κ2) is 2.84. The Labute approximate surface area is 82.7 Å². The molecule has 1 aromatic rings. The smallest absolute Gasteiger partial charge is 0.209 e. The number of benzene rings is 1. The van der Waals surface area contributed by atoms with E-state index in [1.54, 1.807) is 6.07 Å². The van der Waals surface area contributed by atoms with Gasteiger partial charge < -0.3 is 5.73 Å². The number of hydrogen-bond donors (Lipinski definition) is 1. The molecule has 0 heterocycles. The highest BCUT2D eigenvalue weighted by atomic mass is 16.1. The number of ketones is 1. The minimum Gasteiger partial charge on any atom is -0.395 e. The van der Waals surface area contributed by atoms with Crippen LogP contribution in [0.1, 0.15) is 22.8 Å². The van der Waals surface area contributed by atoms with Crippen LogP contribution in [0.2, 0.25) is 0 Å². The van der Waals surface area contributed by atoms with Gasteiger partial charge in [0.2, 0.25) is 5.78 Å². The third-order valence-electron chi connectivity index (χ3n) is 2.60. The molecule has 0 fully saturated rings. The summed E-state index contributed by atoms with van der Waals surface area (Å²) < 4.78 is 0. The second-order valence-corrected chi connectivity index (χ2v) is 3.39. The first-order valence-corrected chi connectivity index (χ1v) is 4.42. The lowest BCUT2D eigenvalue weighted by Crippen LogP contribution is -2.20. The second-order valence-electron chi connectivity index (χ2n) is 3.39. The normalized spacial score (nSPS) is 15.8. The zero-order chi connectivity index (χ0) is 10.3. The standard InChI is InChI=1S/C12H11NO/c1-7-8(2)11(13)12(14)10-6-4-3-5-9(7)10/h3-6H,1,13H2,2H3.